The van der Waals surface area contributed by atoms with Crippen LogP contribution >= 0.6 is 17.0 Å². The fraction of sp³-hybridized carbons (Fsp3) is 0.364. The zero-order valence-electron chi connectivity index (χ0n) is 16.6. The second-order valence-corrected chi connectivity index (χ2v) is 15.6. The van der Waals surface area contributed by atoms with Gasteiger partial charge in [0.1, 0.15) is 0 Å². The van der Waals surface area contributed by atoms with Crippen molar-refractivity contribution in [1.29, 1.82) is 0 Å². The van der Waals surface area contributed by atoms with E-state index in [4.69, 9.17) is 17.0 Å². The Labute approximate surface area is 178 Å². The molecule has 0 nitrogen and oxygen atoms in total. The maximum absolute atomic E-state index is 4.93. The van der Waals surface area contributed by atoms with Gasteiger partial charge in [0.15, 0.2) is 0 Å². The Morgan fingerprint density at radius 1 is 1.00 bits per heavy atom. The van der Waals surface area contributed by atoms with Gasteiger partial charge in [0.25, 0.3) is 0 Å². The molecule has 0 aliphatic rings. The molecule has 3 aromatic carbocycles. The van der Waals surface area contributed by atoms with Gasteiger partial charge in [-0.05, 0) is 0 Å². The molecule has 138 valence electrons. The van der Waals surface area contributed by atoms with Crippen molar-refractivity contribution in [2.24, 2.45) is 0 Å². The van der Waals surface area contributed by atoms with Gasteiger partial charge in [-0.15, -0.1) is 40.2 Å². The molecule has 26 heavy (non-hydrogen) atoms. The van der Waals surface area contributed by atoms with E-state index < -0.39 is 28.9 Å². The molecule has 0 saturated carbocycles. The molecular formula is C22H28Cl2SiZr. The van der Waals surface area contributed by atoms with Crippen molar-refractivity contribution >= 4 is 46.2 Å². The summed E-state index contributed by atoms with van der Waals surface area (Å²) in [5.74, 6) is 0. The molecule has 0 atom stereocenters. The van der Waals surface area contributed by atoms with Crippen molar-refractivity contribution in [2.75, 3.05) is 0 Å². The predicted molar refractivity (Wildman–Crippen MR) is 118 cm³/mol. The summed E-state index contributed by atoms with van der Waals surface area (Å²) in [6.45, 7) is 14.1. The summed E-state index contributed by atoms with van der Waals surface area (Å²) in [6.07, 6.45) is 2.39. The second-order valence-electron chi connectivity index (χ2n) is 7.57. The van der Waals surface area contributed by atoms with Gasteiger partial charge in [0, 0.05) is 8.07 Å². The average molecular weight is 483 g/mol. The molecule has 0 fully saturated rings. The van der Waals surface area contributed by atoms with Crippen LogP contribution in [-0.4, -0.2) is 8.07 Å². The van der Waals surface area contributed by atoms with Gasteiger partial charge in [0.2, 0.25) is 0 Å². The van der Waals surface area contributed by atoms with E-state index in [2.05, 4.69) is 77.2 Å². The van der Waals surface area contributed by atoms with Crippen LogP contribution in [0.15, 0.2) is 36.4 Å². The van der Waals surface area contributed by atoms with Gasteiger partial charge < -0.3 is 0 Å². The third-order valence-corrected chi connectivity index (χ3v) is 9.29. The van der Waals surface area contributed by atoms with E-state index in [0.717, 1.165) is 0 Å². The van der Waals surface area contributed by atoms with E-state index in [-0.39, 0.29) is 0 Å². The van der Waals surface area contributed by atoms with Gasteiger partial charge in [0.05, 0.1) is 0 Å². The van der Waals surface area contributed by atoms with E-state index in [1.54, 1.807) is 10.4 Å². The molecule has 0 radical (unpaired) electrons. The molecular weight excluding hydrogens is 454 g/mol. The van der Waals surface area contributed by atoms with Crippen LogP contribution < -0.4 is 10.4 Å². The molecule has 0 aliphatic carbocycles. The summed E-state index contributed by atoms with van der Waals surface area (Å²) in [5.41, 5.74) is 5.98. The maximum atomic E-state index is 4.93. The summed E-state index contributed by atoms with van der Waals surface area (Å²) in [7, 11) is 8.18. The van der Waals surface area contributed by atoms with E-state index in [1.165, 1.54) is 45.9 Å². The Morgan fingerprint density at radius 2 is 1.62 bits per heavy atom. The molecule has 4 heteroatoms. The van der Waals surface area contributed by atoms with Crippen molar-refractivity contribution in [1.82, 2.24) is 0 Å². The Morgan fingerprint density at radius 3 is 2.15 bits per heavy atom. The standard InChI is InChI=1S/C22H28Si.2ClH.Zr/c1-7-10-18-14-22(20-12-9-8-11-19(18)20)23(5,6)21-13-15(2)16(3)17(21)4;;;/h8-9,11-14H,7,10H2,1-6H3;2*1H;/q-2;;;+4/p-2. The van der Waals surface area contributed by atoms with Gasteiger partial charge >= 0.3 is 37.9 Å². The van der Waals surface area contributed by atoms with Gasteiger partial charge in [-0.1, -0.05) is 59.7 Å². The predicted octanol–water partition coefficient (Wildman–Crippen LogP) is 6.35. The third kappa shape index (κ3) is 4.30. The number of rotatable bonds is 4. The Balaban J connectivity index is 0.000000758. The van der Waals surface area contributed by atoms with E-state index in [9.17, 15) is 0 Å². The Hall–Kier alpha value is -0.140. The minimum absolute atomic E-state index is 0.826. The number of fused-ring (bicyclic) bond motifs is 1. The van der Waals surface area contributed by atoms with Crippen LogP contribution in [0.4, 0.5) is 0 Å². The van der Waals surface area contributed by atoms with Crippen molar-refractivity contribution < 1.29 is 20.8 Å². The van der Waals surface area contributed by atoms with Crippen molar-refractivity contribution in [2.45, 2.75) is 53.6 Å². The monoisotopic (exact) mass is 480 g/mol. The Kier molecular flexibility index (Phi) is 7.99. The fourth-order valence-electron chi connectivity index (χ4n) is 4.05. The van der Waals surface area contributed by atoms with Crippen molar-refractivity contribution in [3.63, 3.8) is 0 Å². The summed E-state index contributed by atoms with van der Waals surface area (Å²) in [4.78, 5) is 0. The van der Waals surface area contributed by atoms with Gasteiger partial charge in [-0.25, -0.2) is 0 Å². The third-order valence-electron chi connectivity index (χ3n) is 5.67. The van der Waals surface area contributed by atoms with Crippen molar-refractivity contribution in [3.05, 3.63) is 58.7 Å². The first-order valence-electron chi connectivity index (χ1n) is 9.17. The topological polar surface area (TPSA) is 0 Å². The fourth-order valence-corrected chi connectivity index (χ4v) is 7.46. The molecule has 3 rings (SSSR count). The van der Waals surface area contributed by atoms with E-state index in [0.29, 0.717) is 0 Å². The first-order chi connectivity index (χ1) is 12.3. The van der Waals surface area contributed by atoms with Gasteiger partial charge in [-0.2, -0.15) is 33.5 Å². The zero-order chi connectivity index (χ0) is 19.5. The SMILES string of the molecule is CCCc1c[c-]([Si](C)(C)[c-]2cc(C)c(C)c2C)c2ccccc12.[Cl][Zr+2][Cl]. The molecule has 0 N–H and O–H groups in total. The zero-order valence-corrected chi connectivity index (χ0v) is 21.6. The Bertz CT molecular complexity index is 874. The molecule has 0 unspecified atom stereocenters. The number of aryl methyl sites for hydroxylation is 2. The first kappa shape index (κ1) is 22.2. The van der Waals surface area contributed by atoms with Crippen LogP contribution in [0.3, 0.4) is 0 Å². The van der Waals surface area contributed by atoms with Crippen LogP contribution in [-0.2, 0) is 27.3 Å². The number of halogens is 2. The molecule has 0 bridgehead atoms. The quantitative estimate of drug-likeness (QED) is 0.300. The van der Waals surface area contributed by atoms with Gasteiger partial charge in [-0.3, -0.25) is 0 Å². The van der Waals surface area contributed by atoms with Crippen LogP contribution in [0.25, 0.3) is 10.8 Å². The molecule has 0 heterocycles. The van der Waals surface area contributed by atoms with Crippen molar-refractivity contribution in [3.8, 4) is 0 Å². The summed E-state index contributed by atoms with van der Waals surface area (Å²) < 4.78 is 0. The normalized spacial score (nSPS) is 11.2. The molecule has 0 saturated heterocycles. The number of hydrogen-bond acceptors (Lipinski definition) is 0. The van der Waals surface area contributed by atoms with Crippen LogP contribution in [0.2, 0.25) is 13.1 Å². The number of benzene rings is 1. The van der Waals surface area contributed by atoms with Crippen LogP contribution in [0.5, 0.6) is 0 Å². The number of hydrogen-bond donors (Lipinski definition) is 0. The molecule has 3 aromatic rings. The molecule has 0 aromatic heterocycles. The van der Waals surface area contributed by atoms with E-state index in [1.807, 2.05) is 0 Å². The summed E-state index contributed by atoms with van der Waals surface area (Å²) in [5, 5.41) is 6.20. The van der Waals surface area contributed by atoms with Crippen LogP contribution in [0, 0.1) is 20.8 Å². The molecule has 0 amide bonds. The minimum atomic E-state index is -1.68. The summed E-state index contributed by atoms with van der Waals surface area (Å²) >= 11 is -0.826. The van der Waals surface area contributed by atoms with Crippen LogP contribution in [0.1, 0.15) is 35.6 Å². The molecule has 0 spiro atoms. The summed E-state index contributed by atoms with van der Waals surface area (Å²) in [6, 6.07) is 14.0. The average Bonchev–Trinajstić information content (AvgIpc) is 3.10. The second kappa shape index (κ2) is 9.37. The molecule has 0 aliphatic heterocycles. The first-order valence-corrected chi connectivity index (χ1v) is 18.5. The van der Waals surface area contributed by atoms with E-state index >= 15 is 0 Å².